The Balaban J connectivity index is 2.15. The van der Waals surface area contributed by atoms with Gasteiger partial charge in [0.2, 0.25) is 0 Å². The first kappa shape index (κ1) is 14.5. The fraction of sp³-hybridized carbons (Fsp3) is 0. The Morgan fingerprint density at radius 3 is 2.86 bits per heavy atom. The van der Waals surface area contributed by atoms with Crippen LogP contribution in [0.4, 0.5) is 0 Å². The van der Waals surface area contributed by atoms with Crippen LogP contribution >= 0.6 is 22.9 Å². The molecule has 5 nitrogen and oxygen atoms in total. The van der Waals surface area contributed by atoms with E-state index in [2.05, 4.69) is 9.97 Å². The molecular formula is C15H8ClN2O3S-. The average molecular weight is 332 g/mol. The number of carbonyl (C=O) groups is 1. The molecule has 0 fully saturated rings. The maximum absolute atomic E-state index is 12.0. The fourth-order valence-corrected chi connectivity index (χ4v) is 2.78. The van der Waals surface area contributed by atoms with E-state index in [1.807, 2.05) is 16.8 Å². The third kappa shape index (κ3) is 2.79. The van der Waals surface area contributed by atoms with Crippen LogP contribution in [0.15, 0.2) is 39.8 Å². The van der Waals surface area contributed by atoms with Gasteiger partial charge in [-0.1, -0.05) is 17.7 Å². The molecule has 0 bridgehead atoms. The molecule has 0 spiro atoms. The zero-order valence-corrected chi connectivity index (χ0v) is 12.6. The number of thiophene rings is 1. The first-order valence-electron chi connectivity index (χ1n) is 6.20. The number of fused-ring (bicyclic) bond motifs is 1. The number of hydrogen-bond donors (Lipinski definition) is 1. The maximum atomic E-state index is 12.0. The smallest absolute Gasteiger partial charge is 0.259 e. The number of rotatable bonds is 3. The molecule has 22 heavy (non-hydrogen) atoms. The van der Waals surface area contributed by atoms with E-state index in [9.17, 15) is 14.7 Å². The Kier molecular flexibility index (Phi) is 3.79. The summed E-state index contributed by atoms with van der Waals surface area (Å²) in [6, 6.07) is 5.86. The number of benzene rings is 1. The lowest BCUT2D eigenvalue weighted by molar-refractivity contribution is -0.255. The van der Waals surface area contributed by atoms with Gasteiger partial charge >= 0.3 is 0 Å². The molecule has 3 rings (SSSR count). The third-order valence-corrected chi connectivity index (χ3v) is 3.99. The summed E-state index contributed by atoms with van der Waals surface area (Å²) < 4.78 is 0. The summed E-state index contributed by atoms with van der Waals surface area (Å²) in [6.07, 6.45) is 1.67. The van der Waals surface area contributed by atoms with Crippen LogP contribution in [0, 0.1) is 0 Å². The van der Waals surface area contributed by atoms with E-state index in [1.165, 1.54) is 29.5 Å². The van der Waals surface area contributed by atoms with Crippen LogP contribution in [-0.4, -0.2) is 15.9 Å². The molecule has 1 aromatic carbocycles. The number of aromatic amines is 1. The molecule has 0 radical (unpaired) electrons. The summed E-state index contributed by atoms with van der Waals surface area (Å²) in [7, 11) is 0. The second kappa shape index (κ2) is 5.75. The highest BCUT2D eigenvalue weighted by atomic mass is 35.5. The quantitative estimate of drug-likeness (QED) is 0.796. The third-order valence-electron chi connectivity index (χ3n) is 3.01. The average Bonchev–Trinajstić information content (AvgIpc) is 2.99. The predicted octanol–water partition coefficient (Wildman–Crippen LogP) is 2.08. The van der Waals surface area contributed by atoms with E-state index in [1.54, 1.807) is 6.08 Å². The monoisotopic (exact) mass is 331 g/mol. The van der Waals surface area contributed by atoms with Gasteiger partial charge in [0.1, 0.15) is 0 Å². The highest BCUT2D eigenvalue weighted by molar-refractivity contribution is 7.08. The lowest BCUT2D eigenvalue weighted by Gasteiger charge is -2.05. The number of hydrogen-bond acceptors (Lipinski definition) is 5. The molecule has 0 saturated carbocycles. The number of H-pyrrole nitrogens is 1. The van der Waals surface area contributed by atoms with E-state index in [0.29, 0.717) is 0 Å². The highest BCUT2D eigenvalue weighted by Crippen LogP contribution is 2.21. The number of carbonyl (C=O) groups excluding carboxylic acids is 1. The van der Waals surface area contributed by atoms with Crippen LogP contribution in [0.2, 0.25) is 0 Å². The molecular weight excluding hydrogens is 324 g/mol. The molecule has 0 atom stereocenters. The van der Waals surface area contributed by atoms with Crippen LogP contribution in [0.5, 0.6) is 0 Å². The zero-order chi connectivity index (χ0) is 15.7. The summed E-state index contributed by atoms with van der Waals surface area (Å²) in [5.74, 6) is -1.15. The van der Waals surface area contributed by atoms with Crippen molar-refractivity contribution in [1.82, 2.24) is 9.97 Å². The maximum Gasteiger partial charge on any atom is 0.259 e. The van der Waals surface area contributed by atoms with Gasteiger partial charge in [0.25, 0.3) is 5.56 Å². The Hall–Kier alpha value is -2.44. The normalized spacial score (nSPS) is 11.8. The Morgan fingerprint density at radius 2 is 2.18 bits per heavy atom. The minimum Gasteiger partial charge on any atom is -0.545 e. The van der Waals surface area contributed by atoms with Crippen molar-refractivity contribution in [3.05, 3.63) is 62.3 Å². The van der Waals surface area contributed by atoms with Gasteiger partial charge in [-0.15, -0.1) is 0 Å². The van der Waals surface area contributed by atoms with Crippen molar-refractivity contribution in [2.75, 3.05) is 0 Å². The first-order valence-corrected chi connectivity index (χ1v) is 7.52. The summed E-state index contributed by atoms with van der Waals surface area (Å²) in [4.78, 5) is 29.7. The zero-order valence-electron chi connectivity index (χ0n) is 11.0. The Bertz CT molecular complexity index is 945. The number of aromatic nitrogens is 2. The van der Waals surface area contributed by atoms with Gasteiger partial charge in [0.15, 0.2) is 5.82 Å². The largest absolute Gasteiger partial charge is 0.545 e. The van der Waals surface area contributed by atoms with Gasteiger partial charge in [-0.3, -0.25) is 4.79 Å². The van der Waals surface area contributed by atoms with Crippen LogP contribution in [0.1, 0.15) is 21.7 Å². The van der Waals surface area contributed by atoms with E-state index >= 15 is 0 Å². The van der Waals surface area contributed by atoms with Crippen molar-refractivity contribution < 1.29 is 9.90 Å². The molecule has 0 aliphatic rings. The molecule has 0 aliphatic carbocycles. The predicted molar refractivity (Wildman–Crippen MR) is 84.7 cm³/mol. The minimum absolute atomic E-state index is 0.0468. The van der Waals surface area contributed by atoms with Gasteiger partial charge in [0, 0.05) is 0 Å². The SMILES string of the molecule is O=C([O-])c1ccc2c(=O)[nH]c(/C(Cl)=C/c3ccsc3)nc2c1. The second-order valence-corrected chi connectivity index (χ2v) is 5.67. The van der Waals surface area contributed by atoms with Gasteiger partial charge in [-0.05, 0) is 46.2 Å². The molecule has 0 saturated heterocycles. The van der Waals surface area contributed by atoms with Crippen molar-refractivity contribution in [3.63, 3.8) is 0 Å². The first-order chi connectivity index (χ1) is 10.5. The topological polar surface area (TPSA) is 85.9 Å². The molecule has 0 amide bonds. The molecule has 3 aromatic rings. The number of nitrogens with zero attached hydrogens (tertiary/aromatic N) is 1. The Labute approximate surface area is 133 Å². The van der Waals surface area contributed by atoms with Gasteiger partial charge in [-0.2, -0.15) is 11.3 Å². The number of carboxylic acid groups (broad SMARTS) is 1. The summed E-state index contributed by atoms with van der Waals surface area (Å²) >= 11 is 7.70. The highest BCUT2D eigenvalue weighted by Gasteiger charge is 2.08. The molecule has 0 unspecified atom stereocenters. The lowest BCUT2D eigenvalue weighted by atomic mass is 10.1. The minimum atomic E-state index is -1.33. The van der Waals surface area contributed by atoms with Crippen molar-refractivity contribution in [2.24, 2.45) is 0 Å². The van der Waals surface area contributed by atoms with Crippen LogP contribution in [0.3, 0.4) is 0 Å². The van der Waals surface area contributed by atoms with Crippen molar-refractivity contribution in [2.45, 2.75) is 0 Å². The molecule has 2 heterocycles. The summed E-state index contributed by atoms with van der Waals surface area (Å²) in [5, 5.41) is 15.2. The number of carboxylic acids is 1. The van der Waals surface area contributed by atoms with Gasteiger partial charge in [-0.25, -0.2) is 4.98 Å². The van der Waals surface area contributed by atoms with E-state index in [-0.39, 0.29) is 32.9 Å². The molecule has 1 N–H and O–H groups in total. The number of halogens is 1. The van der Waals surface area contributed by atoms with Crippen LogP contribution in [0.25, 0.3) is 22.0 Å². The Morgan fingerprint density at radius 1 is 1.36 bits per heavy atom. The van der Waals surface area contributed by atoms with Crippen LogP contribution < -0.4 is 10.7 Å². The molecule has 7 heteroatoms. The van der Waals surface area contributed by atoms with E-state index in [4.69, 9.17) is 11.6 Å². The summed E-state index contributed by atoms with van der Waals surface area (Å²) in [6.45, 7) is 0. The number of nitrogens with one attached hydrogen (secondary N) is 1. The fourth-order valence-electron chi connectivity index (χ4n) is 1.95. The summed E-state index contributed by atoms with van der Waals surface area (Å²) in [5.41, 5.74) is 0.704. The molecule has 2 aromatic heterocycles. The van der Waals surface area contributed by atoms with Crippen molar-refractivity contribution >= 4 is 50.9 Å². The van der Waals surface area contributed by atoms with Crippen molar-refractivity contribution in [1.29, 1.82) is 0 Å². The standard InChI is InChI=1S/C15H9ClN2O3S/c16-11(5-8-3-4-22-7-8)13-17-12-6-9(15(20)21)1-2-10(12)14(19)18-13/h1-7H,(H,20,21)(H,17,18,19)/p-1/b11-5-. The van der Waals surface area contributed by atoms with E-state index in [0.717, 1.165) is 5.56 Å². The lowest BCUT2D eigenvalue weighted by Crippen LogP contribution is -2.22. The van der Waals surface area contributed by atoms with Crippen molar-refractivity contribution in [3.8, 4) is 0 Å². The van der Waals surface area contributed by atoms with Crippen LogP contribution in [-0.2, 0) is 0 Å². The second-order valence-electron chi connectivity index (χ2n) is 4.48. The molecule has 0 aliphatic heterocycles. The van der Waals surface area contributed by atoms with E-state index < -0.39 is 5.97 Å². The number of aromatic carboxylic acids is 1. The molecule has 110 valence electrons. The van der Waals surface area contributed by atoms with Gasteiger partial charge in [0.05, 0.1) is 21.9 Å². The van der Waals surface area contributed by atoms with Gasteiger partial charge < -0.3 is 14.9 Å².